The molecule has 0 fully saturated rings. The Morgan fingerprint density at radius 3 is 2.33 bits per heavy atom. The fourth-order valence-electron chi connectivity index (χ4n) is 1.57. The van der Waals surface area contributed by atoms with Crippen LogP contribution in [-0.4, -0.2) is 10.7 Å². The molecule has 12 heavy (non-hydrogen) atoms. The smallest absolute Gasteiger partial charge is 0.0623 e. The highest BCUT2D eigenvalue weighted by atomic mass is 16.3. The first-order valence-electron chi connectivity index (χ1n) is 5.07. The Kier molecular flexibility index (Phi) is 5.56. The van der Waals surface area contributed by atoms with Gasteiger partial charge in [0.05, 0.1) is 5.60 Å². The number of rotatable bonds is 6. The summed E-state index contributed by atoms with van der Waals surface area (Å²) < 4.78 is 0. The van der Waals surface area contributed by atoms with E-state index in [1.807, 2.05) is 0 Å². The van der Waals surface area contributed by atoms with Crippen LogP contribution in [0.4, 0.5) is 0 Å². The molecule has 0 bridgehead atoms. The number of hydrogen-bond donors (Lipinski definition) is 1. The predicted molar refractivity (Wildman–Crippen MR) is 53.9 cm³/mol. The average Bonchev–Trinajstić information content (AvgIpc) is 1.95. The molecule has 0 saturated heterocycles. The van der Waals surface area contributed by atoms with Crippen LogP contribution < -0.4 is 0 Å². The van der Waals surface area contributed by atoms with Crippen LogP contribution in [-0.2, 0) is 0 Å². The standard InChI is InChI=1S/C11H23O/c1-5-7-8-10(6-2)9-11(3,4)12/h10,12H,3,5-9H2,1-2,4H3. The van der Waals surface area contributed by atoms with Crippen LogP contribution in [0.15, 0.2) is 0 Å². The highest BCUT2D eigenvalue weighted by Crippen LogP contribution is 2.23. The van der Waals surface area contributed by atoms with Crippen LogP contribution in [0.25, 0.3) is 0 Å². The third-order valence-corrected chi connectivity index (χ3v) is 2.27. The summed E-state index contributed by atoms with van der Waals surface area (Å²) in [6.07, 6.45) is 5.75. The third-order valence-electron chi connectivity index (χ3n) is 2.27. The Bertz CT molecular complexity index is 102. The van der Waals surface area contributed by atoms with E-state index in [-0.39, 0.29) is 0 Å². The molecule has 0 aliphatic heterocycles. The number of aliphatic hydroxyl groups is 1. The van der Waals surface area contributed by atoms with Gasteiger partial charge in [-0.2, -0.15) is 0 Å². The fraction of sp³-hybridized carbons (Fsp3) is 0.909. The number of unbranched alkanes of at least 4 members (excludes halogenated alkanes) is 1. The maximum Gasteiger partial charge on any atom is 0.0623 e. The Morgan fingerprint density at radius 2 is 2.00 bits per heavy atom. The predicted octanol–water partition coefficient (Wildman–Crippen LogP) is 3.18. The summed E-state index contributed by atoms with van der Waals surface area (Å²) in [5, 5.41) is 9.51. The number of hydrogen-bond acceptors (Lipinski definition) is 1. The molecule has 1 N–H and O–H groups in total. The van der Waals surface area contributed by atoms with Gasteiger partial charge in [-0.1, -0.05) is 39.5 Å². The molecular formula is C11H23O. The van der Waals surface area contributed by atoms with Crippen molar-refractivity contribution in [3.63, 3.8) is 0 Å². The molecule has 0 aliphatic carbocycles. The van der Waals surface area contributed by atoms with Crippen LogP contribution in [0.1, 0.15) is 52.9 Å². The quantitative estimate of drug-likeness (QED) is 0.650. The monoisotopic (exact) mass is 171 g/mol. The normalized spacial score (nSPS) is 14.8. The van der Waals surface area contributed by atoms with Crippen LogP contribution in [0, 0.1) is 12.8 Å². The topological polar surface area (TPSA) is 20.2 Å². The summed E-state index contributed by atoms with van der Waals surface area (Å²) in [6.45, 7) is 9.91. The van der Waals surface area contributed by atoms with E-state index < -0.39 is 5.60 Å². The molecule has 0 heterocycles. The minimum absolute atomic E-state index is 0.650. The van der Waals surface area contributed by atoms with Crippen molar-refractivity contribution >= 4 is 0 Å². The summed E-state index contributed by atoms with van der Waals surface area (Å²) in [7, 11) is 0. The highest BCUT2D eigenvalue weighted by Gasteiger charge is 2.18. The van der Waals surface area contributed by atoms with Gasteiger partial charge < -0.3 is 5.11 Å². The fourth-order valence-corrected chi connectivity index (χ4v) is 1.57. The van der Waals surface area contributed by atoms with Gasteiger partial charge in [-0.3, -0.25) is 0 Å². The van der Waals surface area contributed by atoms with Crippen molar-refractivity contribution < 1.29 is 5.11 Å². The summed E-state index contributed by atoms with van der Waals surface area (Å²) in [6, 6.07) is 0. The van der Waals surface area contributed by atoms with E-state index in [0.717, 1.165) is 12.8 Å². The van der Waals surface area contributed by atoms with Crippen LogP contribution in [0.5, 0.6) is 0 Å². The zero-order valence-corrected chi connectivity index (χ0v) is 8.77. The van der Waals surface area contributed by atoms with E-state index >= 15 is 0 Å². The summed E-state index contributed by atoms with van der Waals surface area (Å²) in [4.78, 5) is 0. The van der Waals surface area contributed by atoms with E-state index in [4.69, 9.17) is 0 Å². The first kappa shape index (κ1) is 12.0. The molecule has 1 heteroatoms. The molecule has 0 aromatic carbocycles. The molecule has 0 spiro atoms. The molecule has 2 atom stereocenters. The van der Waals surface area contributed by atoms with Crippen molar-refractivity contribution in [2.24, 2.45) is 5.92 Å². The van der Waals surface area contributed by atoms with Gasteiger partial charge >= 0.3 is 0 Å². The lowest BCUT2D eigenvalue weighted by molar-refractivity contribution is 0.0758. The molecule has 73 valence electrons. The first-order valence-corrected chi connectivity index (χ1v) is 5.07. The molecule has 0 aliphatic rings. The summed E-state index contributed by atoms with van der Waals surface area (Å²) in [5.41, 5.74) is -0.728. The summed E-state index contributed by atoms with van der Waals surface area (Å²) >= 11 is 0. The Balaban J connectivity index is 3.67. The molecule has 0 aromatic heterocycles. The molecule has 1 radical (unpaired) electrons. The molecule has 0 saturated carbocycles. The van der Waals surface area contributed by atoms with E-state index in [1.54, 1.807) is 6.92 Å². The molecule has 1 nitrogen and oxygen atoms in total. The third kappa shape index (κ3) is 6.66. The zero-order chi connectivity index (χ0) is 9.61. The lowest BCUT2D eigenvalue weighted by atomic mass is 9.88. The van der Waals surface area contributed by atoms with Gasteiger partial charge in [0.25, 0.3) is 0 Å². The van der Waals surface area contributed by atoms with Crippen LogP contribution in [0.2, 0.25) is 0 Å². The maximum absolute atomic E-state index is 9.51. The summed E-state index contributed by atoms with van der Waals surface area (Å²) in [5.74, 6) is 0.650. The van der Waals surface area contributed by atoms with Crippen molar-refractivity contribution in [1.29, 1.82) is 0 Å². The lowest BCUT2D eigenvalue weighted by Crippen LogP contribution is -2.23. The molecule has 0 amide bonds. The Hall–Kier alpha value is -0.0400. The molecular weight excluding hydrogens is 148 g/mol. The van der Waals surface area contributed by atoms with E-state index in [1.165, 1.54) is 19.3 Å². The van der Waals surface area contributed by atoms with Crippen molar-refractivity contribution in [3.05, 3.63) is 6.92 Å². The van der Waals surface area contributed by atoms with Crippen LogP contribution >= 0.6 is 0 Å². The maximum atomic E-state index is 9.51. The SMILES string of the molecule is [CH2]C(C)(O)CC(CC)CCCC. The average molecular weight is 171 g/mol. The van der Waals surface area contributed by atoms with E-state index in [2.05, 4.69) is 20.8 Å². The van der Waals surface area contributed by atoms with Crippen molar-refractivity contribution in [3.8, 4) is 0 Å². The van der Waals surface area contributed by atoms with Crippen molar-refractivity contribution in [2.75, 3.05) is 0 Å². The van der Waals surface area contributed by atoms with Crippen molar-refractivity contribution in [1.82, 2.24) is 0 Å². The van der Waals surface area contributed by atoms with Gasteiger partial charge in [0.15, 0.2) is 0 Å². The van der Waals surface area contributed by atoms with Crippen LogP contribution in [0.3, 0.4) is 0 Å². The first-order chi connectivity index (χ1) is 5.49. The lowest BCUT2D eigenvalue weighted by Gasteiger charge is -2.23. The van der Waals surface area contributed by atoms with Gasteiger partial charge in [-0.05, 0) is 26.2 Å². The molecule has 0 aromatic rings. The Labute approximate surface area is 77.2 Å². The molecule has 2 unspecified atom stereocenters. The Morgan fingerprint density at radius 1 is 1.42 bits per heavy atom. The minimum Gasteiger partial charge on any atom is -0.390 e. The second-order valence-electron chi connectivity index (χ2n) is 4.12. The second kappa shape index (κ2) is 5.58. The minimum atomic E-state index is -0.728. The zero-order valence-electron chi connectivity index (χ0n) is 8.77. The van der Waals surface area contributed by atoms with Gasteiger partial charge in [-0.15, -0.1) is 0 Å². The van der Waals surface area contributed by atoms with Gasteiger partial charge in [0.1, 0.15) is 0 Å². The van der Waals surface area contributed by atoms with E-state index in [9.17, 15) is 5.11 Å². The largest absolute Gasteiger partial charge is 0.390 e. The van der Waals surface area contributed by atoms with Crippen molar-refractivity contribution in [2.45, 2.75) is 58.5 Å². The van der Waals surface area contributed by atoms with Gasteiger partial charge in [0, 0.05) is 0 Å². The molecule has 0 rings (SSSR count). The highest BCUT2D eigenvalue weighted by molar-refractivity contribution is 4.78. The second-order valence-corrected chi connectivity index (χ2v) is 4.12. The van der Waals surface area contributed by atoms with Gasteiger partial charge in [-0.25, -0.2) is 0 Å². The van der Waals surface area contributed by atoms with E-state index in [0.29, 0.717) is 5.92 Å². The van der Waals surface area contributed by atoms with Gasteiger partial charge in [0.2, 0.25) is 0 Å².